The molecule has 2 N–H and O–H groups in total. The lowest BCUT2D eigenvalue weighted by molar-refractivity contribution is 0.0954. The van der Waals surface area contributed by atoms with Gasteiger partial charge >= 0.3 is 0 Å². The van der Waals surface area contributed by atoms with Crippen molar-refractivity contribution in [3.63, 3.8) is 0 Å². The minimum absolute atomic E-state index is 0.134. The summed E-state index contributed by atoms with van der Waals surface area (Å²) < 4.78 is 0. The van der Waals surface area contributed by atoms with Gasteiger partial charge in [0.15, 0.2) is 0 Å². The number of aromatic nitrogens is 3. The van der Waals surface area contributed by atoms with Crippen LogP contribution >= 0.6 is 11.3 Å². The molecule has 0 saturated heterocycles. The third-order valence-electron chi connectivity index (χ3n) is 2.79. The van der Waals surface area contributed by atoms with Crippen molar-refractivity contribution in [3.8, 4) is 11.3 Å². The molecule has 1 amide bonds. The van der Waals surface area contributed by atoms with Gasteiger partial charge in [-0.25, -0.2) is 4.98 Å². The summed E-state index contributed by atoms with van der Waals surface area (Å²) in [7, 11) is 0. The zero-order chi connectivity index (χ0) is 13.8. The Morgan fingerprint density at radius 2 is 2.10 bits per heavy atom. The van der Waals surface area contributed by atoms with Crippen molar-refractivity contribution in [2.75, 3.05) is 0 Å². The van der Waals surface area contributed by atoms with Gasteiger partial charge in [-0.1, -0.05) is 30.3 Å². The van der Waals surface area contributed by atoms with Crippen LogP contribution in [0.3, 0.4) is 0 Å². The number of hydrogen-bond donors (Lipinski definition) is 2. The van der Waals surface area contributed by atoms with E-state index >= 15 is 0 Å². The van der Waals surface area contributed by atoms with Gasteiger partial charge in [0.25, 0.3) is 5.91 Å². The van der Waals surface area contributed by atoms with E-state index in [0.29, 0.717) is 11.4 Å². The molecule has 2 aromatic heterocycles. The Hall–Kier alpha value is -2.47. The number of hydrogen-bond acceptors (Lipinski definition) is 4. The zero-order valence-corrected chi connectivity index (χ0v) is 11.4. The van der Waals surface area contributed by atoms with Crippen molar-refractivity contribution in [2.24, 2.45) is 0 Å². The Morgan fingerprint density at radius 3 is 2.85 bits per heavy atom. The molecule has 0 saturated carbocycles. The molecule has 20 heavy (non-hydrogen) atoms. The summed E-state index contributed by atoms with van der Waals surface area (Å²) >= 11 is 1.31. The van der Waals surface area contributed by atoms with Gasteiger partial charge in [0, 0.05) is 0 Å². The summed E-state index contributed by atoms with van der Waals surface area (Å²) in [5.41, 5.74) is 3.64. The number of aromatic amines is 1. The molecular weight excluding hydrogens is 272 g/mol. The molecule has 0 radical (unpaired) electrons. The van der Waals surface area contributed by atoms with Gasteiger partial charge in [0.1, 0.15) is 10.7 Å². The number of thiazole rings is 1. The standard InChI is InChI=1S/C14H12N4OS/c19-14(12-7-15-9-20-12)17-8-13-16-6-11(18-13)10-4-2-1-3-5-10/h1-7,9H,8H2,(H,16,18)(H,17,19). The Bertz CT molecular complexity index is 691. The zero-order valence-electron chi connectivity index (χ0n) is 10.5. The van der Waals surface area contributed by atoms with Gasteiger partial charge in [0.2, 0.25) is 0 Å². The van der Waals surface area contributed by atoms with Crippen LogP contribution in [0.15, 0.2) is 48.2 Å². The number of benzene rings is 1. The van der Waals surface area contributed by atoms with E-state index in [2.05, 4.69) is 20.3 Å². The normalized spacial score (nSPS) is 10.4. The lowest BCUT2D eigenvalue weighted by atomic mass is 10.2. The second-order valence-electron chi connectivity index (χ2n) is 4.16. The van der Waals surface area contributed by atoms with Crippen molar-refractivity contribution < 1.29 is 4.79 Å². The number of carbonyl (C=O) groups is 1. The highest BCUT2D eigenvalue weighted by molar-refractivity contribution is 7.11. The van der Waals surface area contributed by atoms with Gasteiger partial charge in [-0.15, -0.1) is 11.3 Å². The van der Waals surface area contributed by atoms with Crippen LogP contribution in [0.2, 0.25) is 0 Å². The van der Waals surface area contributed by atoms with E-state index in [1.807, 2.05) is 30.3 Å². The Balaban J connectivity index is 1.65. The molecule has 0 unspecified atom stereocenters. The van der Waals surface area contributed by atoms with Crippen LogP contribution in [0.1, 0.15) is 15.5 Å². The summed E-state index contributed by atoms with van der Waals surface area (Å²) in [5, 5.41) is 2.80. The summed E-state index contributed by atoms with van der Waals surface area (Å²) in [6.45, 7) is 0.365. The first-order valence-corrected chi connectivity index (χ1v) is 6.97. The van der Waals surface area contributed by atoms with Gasteiger partial charge in [-0.05, 0) is 5.56 Å². The van der Waals surface area contributed by atoms with Crippen LogP contribution in [0.5, 0.6) is 0 Å². The lowest BCUT2D eigenvalue weighted by Gasteiger charge is -2.00. The highest BCUT2D eigenvalue weighted by atomic mass is 32.1. The van der Waals surface area contributed by atoms with Crippen LogP contribution in [0, 0.1) is 0 Å². The third kappa shape index (κ3) is 2.75. The lowest BCUT2D eigenvalue weighted by Crippen LogP contribution is -2.22. The smallest absolute Gasteiger partial charge is 0.263 e. The van der Waals surface area contributed by atoms with Gasteiger partial charge in [-0.3, -0.25) is 9.78 Å². The molecule has 0 spiro atoms. The van der Waals surface area contributed by atoms with Crippen molar-refractivity contribution >= 4 is 17.2 Å². The topological polar surface area (TPSA) is 70.7 Å². The number of amides is 1. The fourth-order valence-corrected chi connectivity index (χ4v) is 2.33. The highest BCUT2D eigenvalue weighted by Crippen LogP contribution is 2.16. The van der Waals surface area contributed by atoms with Crippen LogP contribution in [0.4, 0.5) is 0 Å². The molecule has 0 aliphatic rings. The maximum absolute atomic E-state index is 11.8. The number of nitrogens with zero attached hydrogens (tertiary/aromatic N) is 2. The van der Waals surface area contributed by atoms with E-state index < -0.39 is 0 Å². The molecule has 6 heteroatoms. The molecule has 0 fully saturated rings. The second-order valence-corrected chi connectivity index (χ2v) is 5.04. The highest BCUT2D eigenvalue weighted by Gasteiger charge is 2.08. The van der Waals surface area contributed by atoms with Crippen molar-refractivity contribution in [2.45, 2.75) is 6.54 Å². The summed E-state index contributed by atoms with van der Waals surface area (Å²) in [6.07, 6.45) is 3.32. The molecule has 3 rings (SSSR count). The fourth-order valence-electron chi connectivity index (χ4n) is 1.80. The minimum Gasteiger partial charge on any atom is -0.344 e. The maximum atomic E-state index is 11.8. The molecule has 1 aromatic carbocycles. The van der Waals surface area contributed by atoms with Gasteiger partial charge < -0.3 is 10.3 Å². The molecule has 0 atom stereocenters. The molecule has 0 aliphatic carbocycles. The van der Waals surface area contributed by atoms with Crippen LogP contribution in [-0.2, 0) is 6.54 Å². The predicted molar refractivity (Wildman–Crippen MR) is 77.3 cm³/mol. The summed E-state index contributed by atoms with van der Waals surface area (Å²) in [5.74, 6) is 0.590. The summed E-state index contributed by atoms with van der Waals surface area (Å²) in [6, 6.07) is 9.93. The molecule has 3 aromatic rings. The average molecular weight is 284 g/mol. The molecule has 0 bridgehead atoms. The Morgan fingerprint density at radius 1 is 1.25 bits per heavy atom. The number of H-pyrrole nitrogens is 1. The molecule has 5 nitrogen and oxygen atoms in total. The first-order valence-electron chi connectivity index (χ1n) is 6.09. The van der Waals surface area contributed by atoms with E-state index in [9.17, 15) is 4.79 Å². The Kier molecular flexibility index (Phi) is 3.56. The van der Waals surface area contributed by atoms with Crippen molar-refractivity contribution in [1.82, 2.24) is 20.3 Å². The van der Waals surface area contributed by atoms with Crippen LogP contribution in [0.25, 0.3) is 11.3 Å². The fraction of sp³-hybridized carbons (Fsp3) is 0.0714. The summed E-state index contributed by atoms with van der Waals surface area (Å²) in [4.78, 5) is 23.7. The van der Waals surface area contributed by atoms with Gasteiger partial charge in [-0.2, -0.15) is 0 Å². The SMILES string of the molecule is O=C(NCc1ncc(-c2ccccc2)[nH]1)c1cncs1. The molecule has 0 aliphatic heterocycles. The van der Waals surface area contributed by atoms with E-state index in [4.69, 9.17) is 0 Å². The number of imidazole rings is 1. The Labute approximate surface area is 119 Å². The van der Waals surface area contributed by atoms with Crippen molar-refractivity contribution in [1.29, 1.82) is 0 Å². The second kappa shape index (κ2) is 5.66. The maximum Gasteiger partial charge on any atom is 0.263 e. The first kappa shape index (κ1) is 12.6. The largest absolute Gasteiger partial charge is 0.344 e. The molecule has 2 heterocycles. The number of nitrogens with one attached hydrogen (secondary N) is 2. The van der Waals surface area contributed by atoms with E-state index in [0.717, 1.165) is 17.1 Å². The van der Waals surface area contributed by atoms with Crippen LogP contribution < -0.4 is 5.32 Å². The predicted octanol–water partition coefficient (Wildman–Crippen LogP) is 2.46. The van der Waals surface area contributed by atoms with E-state index in [1.54, 1.807) is 17.9 Å². The van der Waals surface area contributed by atoms with Crippen molar-refractivity contribution in [3.05, 3.63) is 58.9 Å². The first-order chi connectivity index (χ1) is 9.83. The third-order valence-corrected chi connectivity index (χ3v) is 3.56. The number of rotatable bonds is 4. The average Bonchev–Trinajstić information content (AvgIpc) is 3.17. The van der Waals surface area contributed by atoms with Gasteiger partial charge in [0.05, 0.1) is 30.1 Å². The number of carbonyl (C=O) groups excluding carboxylic acids is 1. The van der Waals surface area contributed by atoms with E-state index in [-0.39, 0.29) is 5.91 Å². The van der Waals surface area contributed by atoms with Crippen LogP contribution in [-0.4, -0.2) is 20.9 Å². The monoisotopic (exact) mass is 284 g/mol. The molecular formula is C14H12N4OS. The molecule has 100 valence electrons. The quantitative estimate of drug-likeness (QED) is 0.773. The van der Waals surface area contributed by atoms with E-state index in [1.165, 1.54) is 11.3 Å². The minimum atomic E-state index is -0.134.